The standard InChI is InChI=1S/C27H22BrNO8/c1-32-19-8-5-15(6-9-19)25-29-20(27(31)37-25)12-16-11-18(28)7-10-21(16)36-26(30)17-13-22(33-2)24(35-4)23(14-17)34-3/h5-14H,1-4H3/b20-12+. The van der Waals surface area contributed by atoms with E-state index in [1.165, 1.54) is 39.5 Å². The predicted octanol–water partition coefficient (Wildman–Crippen LogP) is 5.05. The molecule has 0 radical (unpaired) electrons. The number of hydrogen-bond acceptors (Lipinski definition) is 9. The van der Waals surface area contributed by atoms with Crippen molar-refractivity contribution < 1.29 is 38.0 Å². The highest BCUT2D eigenvalue weighted by Gasteiger charge is 2.25. The van der Waals surface area contributed by atoms with Gasteiger partial charge in [0.2, 0.25) is 11.6 Å². The minimum absolute atomic E-state index is 0.0500. The summed E-state index contributed by atoms with van der Waals surface area (Å²) in [6.45, 7) is 0. The fourth-order valence-corrected chi connectivity index (χ4v) is 3.88. The third kappa shape index (κ3) is 5.59. The molecule has 0 amide bonds. The number of halogens is 1. The van der Waals surface area contributed by atoms with Crippen molar-refractivity contribution in [2.24, 2.45) is 4.99 Å². The van der Waals surface area contributed by atoms with Crippen molar-refractivity contribution in [3.63, 3.8) is 0 Å². The molecule has 0 saturated carbocycles. The van der Waals surface area contributed by atoms with Crippen LogP contribution in [0.25, 0.3) is 6.08 Å². The van der Waals surface area contributed by atoms with Crippen LogP contribution in [0.4, 0.5) is 0 Å². The fraction of sp³-hybridized carbons (Fsp3) is 0.148. The monoisotopic (exact) mass is 567 g/mol. The zero-order valence-electron chi connectivity index (χ0n) is 20.4. The summed E-state index contributed by atoms with van der Waals surface area (Å²) in [5.74, 6) is 0.686. The molecule has 0 spiro atoms. The highest BCUT2D eigenvalue weighted by Crippen LogP contribution is 2.38. The second-order valence-corrected chi connectivity index (χ2v) is 8.47. The second kappa shape index (κ2) is 11.2. The summed E-state index contributed by atoms with van der Waals surface area (Å²) in [5.41, 5.74) is 1.27. The second-order valence-electron chi connectivity index (χ2n) is 7.55. The quantitative estimate of drug-likeness (QED) is 0.212. The first-order valence-electron chi connectivity index (χ1n) is 10.9. The Bertz CT molecular complexity index is 1390. The molecule has 3 aromatic rings. The minimum Gasteiger partial charge on any atom is -0.497 e. The minimum atomic E-state index is -0.669. The number of nitrogens with zero attached hydrogens (tertiary/aromatic N) is 1. The van der Waals surface area contributed by atoms with E-state index in [2.05, 4.69) is 20.9 Å². The smallest absolute Gasteiger partial charge is 0.363 e. The molecular formula is C27H22BrNO8. The molecule has 0 atom stereocenters. The average molecular weight is 568 g/mol. The summed E-state index contributed by atoms with van der Waals surface area (Å²) >= 11 is 3.41. The van der Waals surface area contributed by atoms with Gasteiger partial charge in [-0.2, -0.15) is 0 Å². The largest absolute Gasteiger partial charge is 0.497 e. The van der Waals surface area contributed by atoms with E-state index in [0.29, 0.717) is 38.6 Å². The predicted molar refractivity (Wildman–Crippen MR) is 139 cm³/mol. The van der Waals surface area contributed by atoms with Crippen molar-refractivity contribution in [2.75, 3.05) is 28.4 Å². The van der Waals surface area contributed by atoms with Crippen LogP contribution in [0.2, 0.25) is 0 Å². The Morgan fingerprint density at radius 2 is 1.54 bits per heavy atom. The van der Waals surface area contributed by atoms with E-state index in [-0.39, 0.29) is 22.9 Å². The van der Waals surface area contributed by atoms with Gasteiger partial charge >= 0.3 is 11.9 Å². The maximum Gasteiger partial charge on any atom is 0.363 e. The van der Waals surface area contributed by atoms with E-state index < -0.39 is 11.9 Å². The Morgan fingerprint density at radius 3 is 2.14 bits per heavy atom. The van der Waals surface area contributed by atoms with Gasteiger partial charge in [0, 0.05) is 15.6 Å². The van der Waals surface area contributed by atoms with Crippen LogP contribution in [0, 0.1) is 0 Å². The molecule has 4 rings (SSSR count). The number of rotatable bonds is 8. The van der Waals surface area contributed by atoms with Crippen molar-refractivity contribution in [1.82, 2.24) is 0 Å². The number of ether oxygens (including phenoxy) is 6. The third-order valence-corrected chi connectivity index (χ3v) is 5.82. The number of aliphatic imine (C=N–C) groups is 1. The lowest BCUT2D eigenvalue weighted by Crippen LogP contribution is -2.10. The molecule has 0 bridgehead atoms. The molecule has 3 aromatic carbocycles. The van der Waals surface area contributed by atoms with Crippen molar-refractivity contribution in [1.29, 1.82) is 0 Å². The molecule has 0 saturated heterocycles. The van der Waals surface area contributed by atoms with E-state index in [1.54, 1.807) is 49.6 Å². The van der Waals surface area contributed by atoms with Crippen LogP contribution in [0.5, 0.6) is 28.7 Å². The number of methoxy groups -OCH3 is 4. The normalized spacial score (nSPS) is 13.6. The van der Waals surface area contributed by atoms with Crippen molar-refractivity contribution in [2.45, 2.75) is 0 Å². The molecule has 0 N–H and O–H groups in total. The third-order valence-electron chi connectivity index (χ3n) is 5.32. The first-order chi connectivity index (χ1) is 17.9. The highest BCUT2D eigenvalue weighted by atomic mass is 79.9. The molecule has 1 aliphatic rings. The van der Waals surface area contributed by atoms with Gasteiger partial charge in [-0.05, 0) is 60.7 Å². The fourth-order valence-electron chi connectivity index (χ4n) is 3.50. The molecule has 10 heteroatoms. The maximum atomic E-state index is 13.0. The number of cyclic esters (lactones) is 1. The Balaban J connectivity index is 1.65. The Morgan fingerprint density at radius 1 is 0.865 bits per heavy atom. The summed E-state index contributed by atoms with van der Waals surface area (Å²) in [4.78, 5) is 29.9. The van der Waals surface area contributed by atoms with Crippen LogP contribution in [0.15, 0.2) is 69.8 Å². The van der Waals surface area contributed by atoms with Crippen LogP contribution in [0.3, 0.4) is 0 Å². The van der Waals surface area contributed by atoms with E-state index >= 15 is 0 Å². The van der Waals surface area contributed by atoms with Gasteiger partial charge in [0.25, 0.3) is 0 Å². The Kier molecular flexibility index (Phi) is 7.78. The Hall–Kier alpha value is -4.31. The first kappa shape index (κ1) is 25.8. The molecule has 1 heterocycles. The van der Waals surface area contributed by atoms with Gasteiger partial charge in [-0.15, -0.1) is 0 Å². The molecule has 0 fully saturated rings. The molecule has 1 aliphatic heterocycles. The Labute approximate surface area is 221 Å². The lowest BCUT2D eigenvalue weighted by atomic mass is 10.1. The van der Waals surface area contributed by atoms with Crippen LogP contribution >= 0.6 is 15.9 Å². The number of esters is 2. The van der Waals surface area contributed by atoms with Crippen molar-refractivity contribution in [3.8, 4) is 28.7 Å². The van der Waals surface area contributed by atoms with E-state index in [4.69, 9.17) is 28.4 Å². The zero-order valence-corrected chi connectivity index (χ0v) is 22.0. The van der Waals surface area contributed by atoms with E-state index in [9.17, 15) is 9.59 Å². The number of carbonyl (C=O) groups excluding carboxylic acids is 2. The molecule has 9 nitrogen and oxygen atoms in total. The lowest BCUT2D eigenvalue weighted by molar-refractivity contribution is -0.129. The molecule has 0 aromatic heterocycles. The molecule has 37 heavy (non-hydrogen) atoms. The highest BCUT2D eigenvalue weighted by molar-refractivity contribution is 9.10. The average Bonchev–Trinajstić information content (AvgIpc) is 3.28. The summed E-state index contributed by atoms with van der Waals surface area (Å²) in [6, 6.07) is 14.9. The number of benzene rings is 3. The molecule has 0 unspecified atom stereocenters. The summed E-state index contributed by atoms with van der Waals surface area (Å²) in [6.07, 6.45) is 1.49. The van der Waals surface area contributed by atoms with E-state index in [1.807, 2.05) is 0 Å². The van der Waals surface area contributed by atoms with Gasteiger partial charge in [-0.1, -0.05) is 15.9 Å². The molecule has 0 aliphatic carbocycles. The van der Waals surface area contributed by atoms with Crippen molar-refractivity contribution >= 4 is 39.8 Å². The van der Waals surface area contributed by atoms with Gasteiger partial charge in [0.1, 0.15) is 11.5 Å². The van der Waals surface area contributed by atoms with Gasteiger partial charge in [-0.25, -0.2) is 14.6 Å². The van der Waals surface area contributed by atoms with Crippen LogP contribution in [-0.4, -0.2) is 46.3 Å². The number of hydrogen-bond donors (Lipinski definition) is 0. The topological polar surface area (TPSA) is 102 Å². The summed E-state index contributed by atoms with van der Waals surface area (Å²) < 4.78 is 32.8. The zero-order chi connectivity index (χ0) is 26.5. The van der Waals surface area contributed by atoms with Crippen LogP contribution in [0.1, 0.15) is 21.5 Å². The SMILES string of the molecule is COc1ccc(C2=N/C(=C/c3cc(Br)ccc3OC(=O)c3cc(OC)c(OC)c(OC)c3)C(=O)O2)cc1. The first-order valence-corrected chi connectivity index (χ1v) is 11.6. The summed E-state index contributed by atoms with van der Waals surface area (Å²) in [5, 5.41) is 0. The maximum absolute atomic E-state index is 13.0. The lowest BCUT2D eigenvalue weighted by Gasteiger charge is -2.14. The van der Waals surface area contributed by atoms with Crippen molar-refractivity contribution in [3.05, 3.63) is 81.5 Å². The van der Waals surface area contributed by atoms with E-state index in [0.717, 1.165) is 0 Å². The van der Waals surface area contributed by atoms with Gasteiger partial charge in [0.15, 0.2) is 17.2 Å². The van der Waals surface area contributed by atoms with Gasteiger partial charge in [-0.3, -0.25) is 0 Å². The summed E-state index contributed by atoms with van der Waals surface area (Å²) in [7, 11) is 5.93. The van der Waals surface area contributed by atoms with Crippen LogP contribution in [-0.2, 0) is 9.53 Å². The van der Waals surface area contributed by atoms with Gasteiger partial charge < -0.3 is 28.4 Å². The number of carbonyl (C=O) groups is 2. The molecular weight excluding hydrogens is 546 g/mol. The van der Waals surface area contributed by atoms with Crippen LogP contribution < -0.4 is 23.7 Å². The molecule has 190 valence electrons. The van der Waals surface area contributed by atoms with Gasteiger partial charge in [0.05, 0.1) is 34.0 Å².